The first kappa shape index (κ1) is 31.7. The molecular weight excluding hydrogens is 699 g/mol. The second-order valence-corrected chi connectivity index (χ2v) is 14.6. The molecule has 0 amide bonds. The lowest BCUT2D eigenvalue weighted by Crippen LogP contribution is -2.33. The zero-order valence-electron chi connectivity index (χ0n) is 30.6. The number of aromatic nitrogens is 3. The predicted octanol–water partition coefficient (Wildman–Crippen LogP) is 12.9. The first-order chi connectivity index (χ1) is 28.3. The quantitative estimate of drug-likeness (QED) is 0.180. The number of hydrogen-bond donors (Lipinski definition) is 0. The van der Waals surface area contributed by atoms with Gasteiger partial charge in [-0.3, -0.25) is 0 Å². The number of hydrogen-bond acceptors (Lipinski definition) is 5. The van der Waals surface area contributed by atoms with Crippen LogP contribution in [0.4, 0.5) is 0 Å². The van der Waals surface area contributed by atoms with E-state index in [0.29, 0.717) is 17.5 Å². The van der Waals surface area contributed by atoms with Gasteiger partial charge in [0.15, 0.2) is 17.5 Å². The van der Waals surface area contributed by atoms with Crippen molar-refractivity contribution in [1.29, 1.82) is 0 Å². The summed E-state index contributed by atoms with van der Waals surface area (Å²) < 4.78 is 13.2. The molecule has 0 fully saturated rings. The van der Waals surface area contributed by atoms with E-state index < -0.39 is 5.41 Å². The van der Waals surface area contributed by atoms with Crippen molar-refractivity contribution in [2.45, 2.75) is 5.41 Å². The van der Waals surface area contributed by atoms with Gasteiger partial charge >= 0.3 is 0 Å². The summed E-state index contributed by atoms with van der Waals surface area (Å²) in [6.45, 7) is 0. The minimum atomic E-state index is -0.674. The highest BCUT2D eigenvalue weighted by molar-refractivity contribution is 6.09. The average Bonchev–Trinajstić information content (AvgIpc) is 3.81. The van der Waals surface area contributed by atoms with Crippen molar-refractivity contribution >= 4 is 21.9 Å². The third kappa shape index (κ3) is 4.60. The van der Waals surface area contributed by atoms with Gasteiger partial charge in [-0.25, -0.2) is 15.0 Å². The van der Waals surface area contributed by atoms with Crippen LogP contribution < -0.4 is 4.74 Å². The van der Waals surface area contributed by atoms with Crippen molar-refractivity contribution in [3.05, 3.63) is 210 Å². The summed E-state index contributed by atoms with van der Waals surface area (Å²) in [6, 6.07) is 65.3. The Hall–Kier alpha value is -7.63. The van der Waals surface area contributed by atoms with Gasteiger partial charge in [0.05, 0.1) is 5.41 Å². The van der Waals surface area contributed by atoms with E-state index in [2.05, 4.69) is 127 Å². The van der Waals surface area contributed by atoms with Gasteiger partial charge in [0.25, 0.3) is 0 Å². The van der Waals surface area contributed by atoms with Crippen molar-refractivity contribution in [2.24, 2.45) is 0 Å². The summed E-state index contributed by atoms with van der Waals surface area (Å²) in [7, 11) is 0. The van der Waals surface area contributed by atoms with Gasteiger partial charge in [0, 0.05) is 44.2 Å². The number of fused-ring (bicyclic) bond motifs is 12. The first-order valence-electron chi connectivity index (χ1n) is 19.2. The first-order valence-corrected chi connectivity index (χ1v) is 19.2. The van der Waals surface area contributed by atoms with Gasteiger partial charge in [-0.05, 0) is 46.0 Å². The van der Waals surface area contributed by atoms with Gasteiger partial charge in [0.1, 0.15) is 22.7 Å². The van der Waals surface area contributed by atoms with Crippen LogP contribution in [0.1, 0.15) is 22.3 Å². The predicted molar refractivity (Wildman–Crippen MR) is 226 cm³/mol. The Kier molecular flexibility index (Phi) is 6.78. The van der Waals surface area contributed by atoms with E-state index in [1.165, 1.54) is 22.3 Å². The minimum Gasteiger partial charge on any atom is -0.457 e. The van der Waals surface area contributed by atoms with Crippen LogP contribution >= 0.6 is 0 Å². The lowest BCUT2D eigenvalue weighted by atomic mass is 9.64. The monoisotopic (exact) mass is 729 g/mol. The average molecular weight is 730 g/mol. The highest BCUT2D eigenvalue weighted by Crippen LogP contribution is 2.63. The largest absolute Gasteiger partial charge is 0.457 e. The lowest BCUT2D eigenvalue weighted by molar-refractivity contribution is 0.437. The van der Waals surface area contributed by atoms with Crippen molar-refractivity contribution in [3.63, 3.8) is 0 Å². The maximum Gasteiger partial charge on any atom is 0.164 e. The van der Waals surface area contributed by atoms with Crippen LogP contribution in [0.25, 0.3) is 78.4 Å². The van der Waals surface area contributed by atoms with Crippen LogP contribution in [0.15, 0.2) is 192 Å². The van der Waals surface area contributed by atoms with Crippen LogP contribution in [0.2, 0.25) is 0 Å². The van der Waals surface area contributed by atoms with Gasteiger partial charge in [-0.2, -0.15) is 0 Å². The molecule has 1 aliphatic carbocycles. The van der Waals surface area contributed by atoms with Gasteiger partial charge in [-0.1, -0.05) is 170 Å². The molecule has 8 aromatic carbocycles. The van der Waals surface area contributed by atoms with Crippen molar-refractivity contribution in [1.82, 2.24) is 15.0 Å². The second-order valence-electron chi connectivity index (χ2n) is 14.6. The fourth-order valence-electron chi connectivity index (χ4n) is 9.22. The summed E-state index contributed by atoms with van der Waals surface area (Å²) in [5.74, 6) is 3.39. The van der Waals surface area contributed by atoms with Gasteiger partial charge in [-0.15, -0.1) is 0 Å². The van der Waals surface area contributed by atoms with Crippen LogP contribution in [0.3, 0.4) is 0 Å². The number of nitrogens with zero attached hydrogens (tertiary/aromatic N) is 3. The van der Waals surface area contributed by atoms with Crippen molar-refractivity contribution in [3.8, 4) is 67.9 Å². The van der Waals surface area contributed by atoms with Crippen molar-refractivity contribution < 1.29 is 9.15 Å². The van der Waals surface area contributed by atoms with Crippen LogP contribution in [0, 0.1) is 0 Å². The van der Waals surface area contributed by atoms with E-state index >= 15 is 0 Å². The molecule has 1 spiro atoms. The Balaban J connectivity index is 1.07. The molecule has 0 saturated carbocycles. The summed E-state index contributed by atoms with van der Waals surface area (Å²) >= 11 is 0. The fraction of sp³-hybridized carbons (Fsp3) is 0.0192. The zero-order valence-corrected chi connectivity index (χ0v) is 30.6. The molecule has 57 heavy (non-hydrogen) atoms. The molecule has 0 radical (unpaired) electrons. The Morgan fingerprint density at radius 3 is 1.65 bits per heavy atom. The van der Waals surface area contributed by atoms with Crippen LogP contribution in [-0.4, -0.2) is 15.0 Å². The molecule has 10 aromatic rings. The second kappa shape index (κ2) is 12.2. The molecule has 0 atom stereocenters. The lowest BCUT2D eigenvalue weighted by Gasteiger charge is -2.40. The van der Waals surface area contributed by atoms with E-state index in [4.69, 9.17) is 24.1 Å². The molecule has 266 valence electrons. The highest BCUT2D eigenvalue weighted by Gasteiger charge is 2.52. The Morgan fingerprint density at radius 1 is 0.351 bits per heavy atom. The molecule has 12 rings (SSSR count). The third-order valence-corrected chi connectivity index (χ3v) is 11.6. The minimum absolute atomic E-state index is 0.580. The summed E-state index contributed by atoms with van der Waals surface area (Å²) in [5.41, 5.74) is 12.8. The molecule has 0 unspecified atom stereocenters. The fourth-order valence-corrected chi connectivity index (χ4v) is 9.22. The number of furan rings is 1. The Labute approximate surface area is 328 Å². The number of benzene rings is 8. The van der Waals surface area contributed by atoms with Crippen molar-refractivity contribution in [2.75, 3.05) is 0 Å². The smallest absolute Gasteiger partial charge is 0.164 e. The molecule has 0 saturated heterocycles. The standard InChI is InChI=1S/C52H31N3O2/c1-2-14-33(15-3-1)49-53-50(34-30-28-32(29-31-34)35-19-12-20-39-38-18-6-10-25-44(38)57-48(35)39)55-51(54-49)40-21-13-27-46-47(40)52(43-24-9-11-26-45(43)56-46)41-22-7-4-16-36(41)37-17-5-8-23-42(37)52/h1-31H. The molecule has 5 nitrogen and oxygen atoms in total. The van der Waals surface area contributed by atoms with Gasteiger partial charge in [0.2, 0.25) is 0 Å². The Bertz CT molecular complexity index is 3180. The maximum absolute atomic E-state index is 6.81. The molecule has 5 heteroatoms. The Morgan fingerprint density at radius 2 is 0.877 bits per heavy atom. The van der Waals surface area contributed by atoms with Crippen LogP contribution in [0.5, 0.6) is 11.5 Å². The van der Waals surface area contributed by atoms with E-state index in [-0.39, 0.29) is 0 Å². The molecule has 2 aliphatic rings. The van der Waals surface area contributed by atoms with E-state index in [0.717, 1.165) is 72.4 Å². The number of rotatable bonds is 4. The van der Waals surface area contributed by atoms with E-state index in [9.17, 15) is 0 Å². The molecule has 1 aliphatic heterocycles. The molecule has 2 aromatic heterocycles. The summed E-state index contributed by atoms with van der Waals surface area (Å²) in [6.07, 6.45) is 0. The molecule has 0 N–H and O–H groups in total. The SMILES string of the molecule is c1ccc(-c2nc(-c3ccc(-c4cccc5c4oc4ccccc45)cc3)nc(-c3cccc4c3C3(c5ccccc5O4)c4ccccc4-c4ccccc43)n2)cc1. The van der Waals surface area contributed by atoms with E-state index in [1.807, 2.05) is 60.7 Å². The molecule has 3 heterocycles. The topological polar surface area (TPSA) is 61.0 Å². The summed E-state index contributed by atoms with van der Waals surface area (Å²) in [5, 5.41) is 2.21. The summed E-state index contributed by atoms with van der Waals surface area (Å²) in [4.78, 5) is 15.7. The number of para-hydroxylation sites is 3. The maximum atomic E-state index is 6.81. The third-order valence-electron chi connectivity index (χ3n) is 11.6. The molecular formula is C52H31N3O2. The molecule has 0 bridgehead atoms. The highest BCUT2D eigenvalue weighted by atomic mass is 16.5. The van der Waals surface area contributed by atoms with Gasteiger partial charge < -0.3 is 9.15 Å². The number of ether oxygens (including phenoxy) is 1. The normalized spacial score (nSPS) is 13.2. The zero-order chi connectivity index (χ0) is 37.5. The van der Waals surface area contributed by atoms with Crippen LogP contribution in [-0.2, 0) is 5.41 Å². The van der Waals surface area contributed by atoms with E-state index in [1.54, 1.807) is 0 Å².